The molecule has 0 unspecified atom stereocenters. The summed E-state index contributed by atoms with van der Waals surface area (Å²) in [6.45, 7) is 2.89. The van der Waals surface area contributed by atoms with Crippen LogP contribution in [0.3, 0.4) is 0 Å². The minimum atomic E-state index is 0.181. The molecule has 3 heteroatoms. The second-order valence-electron chi connectivity index (χ2n) is 5.09. The van der Waals surface area contributed by atoms with Crippen LogP contribution < -0.4 is 10.1 Å². The fourth-order valence-corrected chi connectivity index (χ4v) is 2.57. The van der Waals surface area contributed by atoms with Crippen LogP contribution in [0.2, 0.25) is 0 Å². The summed E-state index contributed by atoms with van der Waals surface area (Å²) in [7, 11) is 1.71. The van der Waals surface area contributed by atoms with E-state index in [1.54, 1.807) is 13.4 Å². The summed E-state index contributed by atoms with van der Waals surface area (Å²) in [5.74, 6) is 1.86. The van der Waals surface area contributed by atoms with Gasteiger partial charge in [0.1, 0.15) is 11.5 Å². The average molecular weight is 281 g/mol. The Hall–Kier alpha value is -2.26. The van der Waals surface area contributed by atoms with E-state index in [-0.39, 0.29) is 6.04 Å². The Morgan fingerprint density at radius 3 is 2.57 bits per heavy atom. The highest BCUT2D eigenvalue weighted by Crippen LogP contribution is 2.28. The van der Waals surface area contributed by atoms with Crippen LogP contribution in [0.25, 0.3) is 10.8 Å². The minimum Gasteiger partial charge on any atom is -0.496 e. The van der Waals surface area contributed by atoms with Crippen LogP contribution in [0, 0.1) is 0 Å². The van der Waals surface area contributed by atoms with E-state index < -0.39 is 0 Å². The maximum absolute atomic E-state index is 5.43. The number of fused-ring (bicyclic) bond motifs is 1. The lowest BCUT2D eigenvalue weighted by Gasteiger charge is -2.14. The van der Waals surface area contributed by atoms with Crippen molar-refractivity contribution in [3.05, 3.63) is 66.1 Å². The Morgan fingerprint density at radius 2 is 1.86 bits per heavy atom. The number of hydrogen-bond acceptors (Lipinski definition) is 3. The topological polar surface area (TPSA) is 34.4 Å². The van der Waals surface area contributed by atoms with E-state index in [2.05, 4.69) is 36.5 Å². The first-order chi connectivity index (χ1) is 10.3. The molecule has 1 atom stereocenters. The van der Waals surface area contributed by atoms with Crippen LogP contribution in [-0.2, 0) is 6.54 Å². The molecule has 0 bridgehead atoms. The molecule has 3 aromatic rings. The summed E-state index contributed by atoms with van der Waals surface area (Å²) >= 11 is 0. The number of benzene rings is 2. The molecule has 0 saturated carbocycles. The molecule has 0 aliphatic rings. The molecule has 0 aliphatic carbocycles. The number of rotatable bonds is 5. The minimum absolute atomic E-state index is 0.181. The third-order valence-corrected chi connectivity index (χ3v) is 3.76. The largest absolute Gasteiger partial charge is 0.496 e. The van der Waals surface area contributed by atoms with Gasteiger partial charge < -0.3 is 14.5 Å². The lowest BCUT2D eigenvalue weighted by Crippen LogP contribution is -2.17. The zero-order valence-electron chi connectivity index (χ0n) is 12.3. The smallest absolute Gasteiger partial charge is 0.126 e. The predicted octanol–water partition coefficient (Wildman–Crippen LogP) is 4.29. The maximum atomic E-state index is 5.43. The SMILES string of the molecule is COc1ccc(CN[C@H](C)c2ccco2)c2ccccc12. The normalized spacial score (nSPS) is 12.5. The van der Waals surface area contributed by atoms with Crippen LogP contribution in [0.4, 0.5) is 0 Å². The highest BCUT2D eigenvalue weighted by molar-refractivity contribution is 5.91. The Labute approximate surface area is 124 Å². The molecule has 0 fully saturated rings. The second kappa shape index (κ2) is 6.02. The van der Waals surface area contributed by atoms with Crippen molar-refractivity contribution in [2.24, 2.45) is 0 Å². The zero-order valence-corrected chi connectivity index (χ0v) is 12.3. The molecule has 0 saturated heterocycles. The molecule has 0 radical (unpaired) electrons. The Kier molecular flexibility index (Phi) is 3.93. The lowest BCUT2D eigenvalue weighted by molar-refractivity contribution is 0.419. The van der Waals surface area contributed by atoms with E-state index in [1.807, 2.05) is 24.3 Å². The van der Waals surface area contributed by atoms with Gasteiger partial charge in [0, 0.05) is 11.9 Å². The first kappa shape index (κ1) is 13.7. The summed E-state index contributed by atoms with van der Waals surface area (Å²) in [5, 5.41) is 5.86. The zero-order chi connectivity index (χ0) is 14.7. The van der Waals surface area contributed by atoms with E-state index in [1.165, 1.54) is 10.9 Å². The summed E-state index contributed by atoms with van der Waals surface area (Å²) < 4.78 is 10.9. The van der Waals surface area contributed by atoms with E-state index in [4.69, 9.17) is 9.15 Å². The van der Waals surface area contributed by atoms with E-state index in [0.717, 1.165) is 23.4 Å². The molecule has 1 N–H and O–H groups in total. The average Bonchev–Trinajstić information content (AvgIpc) is 3.06. The molecule has 0 spiro atoms. The molecule has 0 aliphatic heterocycles. The fraction of sp³-hybridized carbons (Fsp3) is 0.222. The Balaban J connectivity index is 1.84. The first-order valence-corrected chi connectivity index (χ1v) is 7.11. The Morgan fingerprint density at radius 1 is 1.05 bits per heavy atom. The molecular weight excluding hydrogens is 262 g/mol. The van der Waals surface area contributed by atoms with Crippen molar-refractivity contribution in [2.45, 2.75) is 19.5 Å². The van der Waals surface area contributed by atoms with Crippen molar-refractivity contribution in [1.82, 2.24) is 5.32 Å². The molecule has 108 valence electrons. The van der Waals surface area contributed by atoms with Crippen molar-refractivity contribution in [3.8, 4) is 5.75 Å². The highest BCUT2D eigenvalue weighted by Gasteiger charge is 2.10. The van der Waals surface area contributed by atoms with E-state index in [9.17, 15) is 0 Å². The summed E-state index contributed by atoms with van der Waals surface area (Å²) in [5.41, 5.74) is 1.25. The summed E-state index contributed by atoms with van der Waals surface area (Å²) in [6, 6.07) is 16.5. The number of furan rings is 1. The molecular formula is C18H19NO2. The standard InChI is InChI=1S/C18H19NO2/c1-13(17-8-5-11-21-17)19-12-14-9-10-18(20-2)16-7-4-3-6-15(14)16/h3-11,13,19H,12H2,1-2H3/t13-/m1/s1. The highest BCUT2D eigenvalue weighted by atomic mass is 16.5. The lowest BCUT2D eigenvalue weighted by atomic mass is 10.0. The van der Waals surface area contributed by atoms with Crippen molar-refractivity contribution < 1.29 is 9.15 Å². The van der Waals surface area contributed by atoms with Gasteiger partial charge in [-0.05, 0) is 36.1 Å². The first-order valence-electron chi connectivity index (χ1n) is 7.11. The van der Waals surface area contributed by atoms with Crippen molar-refractivity contribution in [2.75, 3.05) is 7.11 Å². The van der Waals surface area contributed by atoms with Crippen molar-refractivity contribution in [1.29, 1.82) is 0 Å². The molecule has 3 rings (SSSR count). The van der Waals surface area contributed by atoms with Gasteiger partial charge in [0.2, 0.25) is 0 Å². The van der Waals surface area contributed by atoms with E-state index >= 15 is 0 Å². The van der Waals surface area contributed by atoms with Gasteiger partial charge in [-0.15, -0.1) is 0 Å². The number of methoxy groups -OCH3 is 1. The maximum Gasteiger partial charge on any atom is 0.126 e. The van der Waals surface area contributed by atoms with Gasteiger partial charge in [0.15, 0.2) is 0 Å². The number of nitrogens with one attached hydrogen (secondary N) is 1. The third kappa shape index (κ3) is 2.78. The van der Waals surface area contributed by atoms with Crippen LogP contribution in [0.15, 0.2) is 59.2 Å². The summed E-state index contributed by atoms with van der Waals surface area (Å²) in [4.78, 5) is 0. The molecule has 0 amide bonds. The monoisotopic (exact) mass is 281 g/mol. The molecule has 1 heterocycles. The molecule has 1 aromatic heterocycles. The van der Waals surface area contributed by atoms with Crippen LogP contribution in [-0.4, -0.2) is 7.11 Å². The molecule has 2 aromatic carbocycles. The van der Waals surface area contributed by atoms with Crippen LogP contribution in [0.5, 0.6) is 5.75 Å². The van der Waals surface area contributed by atoms with Gasteiger partial charge in [0.05, 0.1) is 19.4 Å². The van der Waals surface area contributed by atoms with Gasteiger partial charge in [-0.3, -0.25) is 0 Å². The van der Waals surface area contributed by atoms with Gasteiger partial charge in [-0.1, -0.05) is 30.3 Å². The van der Waals surface area contributed by atoms with Crippen LogP contribution >= 0.6 is 0 Å². The second-order valence-corrected chi connectivity index (χ2v) is 5.09. The van der Waals surface area contributed by atoms with Crippen molar-refractivity contribution in [3.63, 3.8) is 0 Å². The van der Waals surface area contributed by atoms with Crippen molar-refractivity contribution >= 4 is 10.8 Å². The fourth-order valence-electron chi connectivity index (χ4n) is 2.57. The quantitative estimate of drug-likeness (QED) is 0.757. The number of hydrogen-bond donors (Lipinski definition) is 1. The van der Waals surface area contributed by atoms with Gasteiger partial charge in [-0.2, -0.15) is 0 Å². The van der Waals surface area contributed by atoms with Crippen LogP contribution in [0.1, 0.15) is 24.3 Å². The molecule has 21 heavy (non-hydrogen) atoms. The third-order valence-electron chi connectivity index (χ3n) is 3.76. The van der Waals surface area contributed by atoms with Gasteiger partial charge in [0.25, 0.3) is 0 Å². The predicted molar refractivity (Wildman–Crippen MR) is 84.5 cm³/mol. The summed E-state index contributed by atoms with van der Waals surface area (Å²) in [6.07, 6.45) is 1.70. The van der Waals surface area contributed by atoms with Gasteiger partial charge in [-0.25, -0.2) is 0 Å². The Bertz CT molecular complexity index is 719. The van der Waals surface area contributed by atoms with Gasteiger partial charge >= 0.3 is 0 Å². The van der Waals surface area contributed by atoms with E-state index in [0.29, 0.717) is 0 Å². The number of ether oxygens (including phenoxy) is 1. The molecule has 3 nitrogen and oxygen atoms in total.